The Balaban J connectivity index is 4.70. The summed E-state index contributed by atoms with van der Waals surface area (Å²) >= 11 is 7.76. The lowest BCUT2D eigenvalue weighted by Gasteiger charge is -2.22. The molecule has 0 aromatic heterocycles. The van der Waals surface area contributed by atoms with E-state index in [1.165, 1.54) is 6.92 Å². The Hall–Kier alpha value is -0.970. The Kier molecular flexibility index (Phi) is 8.62. The lowest BCUT2D eigenvalue weighted by Crippen LogP contribution is -2.57. The highest BCUT2D eigenvalue weighted by Crippen LogP contribution is 1.97. The second kappa shape index (κ2) is 9.06. The third kappa shape index (κ3) is 5.99. The van der Waals surface area contributed by atoms with Gasteiger partial charge in [-0.3, -0.25) is 9.59 Å². The molecule has 0 aromatic carbocycles. The SMILES string of the molecule is C[C@@H](O)[C@H](NC(=O)[C@H](CS)NC(=O)[C@@H](N)CS)C(=O)O. The molecule has 0 spiro atoms. The monoisotopic (exact) mass is 325 g/mol. The van der Waals surface area contributed by atoms with Gasteiger partial charge in [0.2, 0.25) is 11.8 Å². The number of aliphatic carboxylic acids is 1. The van der Waals surface area contributed by atoms with E-state index in [0.717, 1.165) is 0 Å². The van der Waals surface area contributed by atoms with E-state index in [9.17, 15) is 19.5 Å². The van der Waals surface area contributed by atoms with Crippen LogP contribution in [-0.4, -0.2) is 63.7 Å². The van der Waals surface area contributed by atoms with Gasteiger partial charge in [-0.2, -0.15) is 25.3 Å². The van der Waals surface area contributed by atoms with Gasteiger partial charge in [0.05, 0.1) is 12.1 Å². The van der Waals surface area contributed by atoms with Crippen molar-refractivity contribution in [2.75, 3.05) is 11.5 Å². The molecule has 0 bridgehead atoms. The highest BCUT2D eigenvalue weighted by Gasteiger charge is 2.29. The number of nitrogens with one attached hydrogen (secondary N) is 2. The van der Waals surface area contributed by atoms with Gasteiger partial charge < -0.3 is 26.6 Å². The number of carbonyl (C=O) groups excluding carboxylic acids is 2. The van der Waals surface area contributed by atoms with Crippen LogP contribution < -0.4 is 16.4 Å². The first-order valence-corrected chi connectivity index (χ1v) is 7.00. The standard InChI is InChI=1S/C10H19N3O5S2/c1-4(14)7(10(17)18)13-9(16)6(3-20)12-8(15)5(11)2-19/h4-7,14,19-20H,2-3,11H2,1H3,(H,12,15)(H,13,16)(H,17,18)/t4-,5+,6+,7+/m1/s1. The Bertz CT molecular complexity index is 367. The molecular weight excluding hydrogens is 306 g/mol. The highest BCUT2D eigenvalue weighted by molar-refractivity contribution is 7.80. The molecule has 0 aromatic rings. The van der Waals surface area contributed by atoms with Crippen LogP contribution in [0.25, 0.3) is 0 Å². The maximum absolute atomic E-state index is 11.8. The quantitative estimate of drug-likeness (QED) is 0.248. The van der Waals surface area contributed by atoms with E-state index in [0.29, 0.717) is 0 Å². The summed E-state index contributed by atoms with van der Waals surface area (Å²) in [7, 11) is 0. The zero-order valence-electron chi connectivity index (χ0n) is 10.8. The molecule has 10 heteroatoms. The molecule has 0 saturated carbocycles. The predicted molar refractivity (Wildman–Crippen MR) is 78.9 cm³/mol. The first kappa shape index (κ1) is 19.0. The van der Waals surface area contributed by atoms with Gasteiger partial charge in [0.15, 0.2) is 6.04 Å². The topological polar surface area (TPSA) is 142 Å². The van der Waals surface area contributed by atoms with Gasteiger partial charge in [0.1, 0.15) is 6.04 Å². The molecule has 2 amide bonds. The zero-order valence-corrected chi connectivity index (χ0v) is 12.6. The third-order valence-electron chi connectivity index (χ3n) is 2.40. The van der Waals surface area contributed by atoms with E-state index in [1.807, 2.05) is 0 Å². The van der Waals surface area contributed by atoms with Crippen LogP contribution in [0.3, 0.4) is 0 Å². The van der Waals surface area contributed by atoms with Crippen molar-refractivity contribution in [2.45, 2.75) is 31.2 Å². The molecule has 0 saturated heterocycles. The minimum absolute atomic E-state index is 0.0526. The number of thiol groups is 2. The molecule has 0 aliphatic rings. The second-order valence-electron chi connectivity index (χ2n) is 4.10. The highest BCUT2D eigenvalue weighted by atomic mass is 32.1. The second-order valence-corrected chi connectivity index (χ2v) is 4.83. The summed E-state index contributed by atoms with van der Waals surface area (Å²) < 4.78 is 0. The van der Waals surface area contributed by atoms with Crippen LogP contribution in [-0.2, 0) is 14.4 Å². The van der Waals surface area contributed by atoms with Gasteiger partial charge >= 0.3 is 5.97 Å². The number of carboxylic acids is 1. The fourth-order valence-corrected chi connectivity index (χ4v) is 1.62. The smallest absolute Gasteiger partial charge is 0.328 e. The Labute approximate surface area is 127 Å². The van der Waals surface area contributed by atoms with Crippen molar-refractivity contribution in [1.82, 2.24) is 10.6 Å². The third-order valence-corrected chi connectivity index (χ3v) is 3.15. The average molecular weight is 325 g/mol. The van der Waals surface area contributed by atoms with Crippen LogP contribution in [0.15, 0.2) is 0 Å². The largest absolute Gasteiger partial charge is 0.480 e. The van der Waals surface area contributed by atoms with Crippen LogP contribution >= 0.6 is 25.3 Å². The minimum atomic E-state index is -1.47. The molecule has 116 valence electrons. The Morgan fingerprint density at radius 2 is 1.70 bits per heavy atom. The van der Waals surface area contributed by atoms with Crippen molar-refractivity contribution in [3.8, 4) is 0 Å². The van der Waals surface area contributed by atoms with Gasteiger partial charge in [-0.1, -0.05) is 0 Å². The summed E-state index contributed by atoms with van der Waals surface area (Å²) in [5, 5.41) is 22.5. The lowest BCUT2D eigenvalue weighted by molar-refractivity contribution is -0.145. The number of carboxylic acid groups (broad SMARTS) is 1. The number of carbonyl (C=O) groups is 3. The van der Waals surface area contributed by atoms with Crippen molar-refractivity contribution < 1.29 is 24.6 Å². The Morgan fingerprint density at radius 3 is 2.05 bits per heavy atom. The van der Waals surface area contributed by atoms with Crippen molar-refractivity contribution in [3.05, 3.63) is 0 Å². The van der Waals surface area contributed by atoms with Gasteiger partial charge in [-0.05, 0) is 6.92 Å². The fourth-order valence-electron chi connectivity index (χ4n) is 1.20. The van der Waals surface area contributed by atoms with Crippen molar-refractivity contribution in [1.29, 1.82) is 0 Å². The molecule has 6 N–H and O–H groups in total. The molecule has 0 heterocycles. The van der Waals surface area contributed by atoms with Crippen LogP contribution in [0, 0.1) is 0 Å². The fraction of sp³-hybridized carbons (Fsp3) is 0.700. The summed E-state index contributed by atoms with van der Waals surface area (Å²) in [6.45, 7) is 1.23. The van der Waals surface area contributed by atoms with Gasteiger partial charge in [-0.15, -0.1) is 0 Å². The van der Waals surface area contributed by atoms with Crippen LogP contribution in [0.4, 0.5) is 0 Å². The minimum Gasteiger partial charge on any atom is -0.480 e. The van der Waals surface area contributed by atoms with E-state index >= 15 is 0 Å². The summed E-state index contributed by atoms with van der Waals surface area (Å²) in [5.41, 5.74) is 5.44. The molecule has 0 fully saturated rings. The number of aliphatic hydroxyl groups is 1. The molecule has 8 nitrogen and oxygen atoms in total. The summed E-state index contributed by atoms with van der Waals surface area (Å²) in [5.74, 6) is -2.71. The van der Waals surface area contributed by atoms with Gasteiger partial charge in [0, 0.05) is 11.5 Å². The average Bonchev–Trinajstić information content (AvgIpc) is 2.39. The molecule has 4 atom stereocenters. The maximum atomic E-state index is 11.8. The molecule has 20 heavy (non-hydrogen) atoms. The van der Waals surface area contributed by atoms with E-state index in [2.05, 4.69) is 35.9 Å². The van der Waals surface area contributed by atoms with Gasteiger partial charge in [0.25, 0.3) is 0 Å². The van der Waals surface area contributed by atoms with Crippen molar-refractivity contribution >= 4 is 43.0 Å². The first-order chi connectivity index (χ1) is 9.24. The molecule has 0 radical (unpaired) electrons. The molecular formula is C10H19N3O5S2. The number of rotatable bonds is 8. The predicted octanol–water partition coefficient (Wildman–Crippen LogP) is -2.39. The van der Waals surface area contributed by atoms with Crippen LogP contribution in [0.2, 0.25) is 0 Å². The zero-order chi connectivity index (χ0) is 15.9. The van der Waals surface area contributed by atoms with Crippen molar-refractivity contribution in [3.63, 3.8) is 0 Å². The van der Waals surface area contributed by atoms with E-state index in [1.54, 1.807) is 0 Å². The Morgan fingerprint density at radius 1 is 1.15 bits per heavy atom. The van der Waals surface area contributed by atoms with Crippen molar-refractivity contribution in [2.24, 2.45) is 5.73 Å². The van der Waals surface area contributed by atoms with E-state index in [4.69, 9.17) is 10.8 Å². The van der Waals surface area contributed by atoms with Gasteiger partial charge in [-0.25, -0.2) is 4.79 Å². The summed E-state index contributed by atoms with van der Waals surface area (Å²) in [6.07, 6.45) is -1.28. The molecule has 0 unspecified atom stereocenters. The number of hydrogen-bond acceptors (Lipinski definition) is 7. The molecule has 0 aliphatic heterocycles. The maximum Gasteiger partial charge on any atom is 0.328 e. The van der Waals surface area contributed by atoms with Crippen LogP contribution in [0.1, 0.15) is 6.92 Å². The lowest BCUT2D eigenvalue weighted by atomic mass is 10.1. The molecule has 0 aliphatic carbocycles. The van der Waals surface area contributed by atoms with E-state index < -0.39 is 42.0 Å². The summed E-state index contributed by atoms with van der Waals surface area (Å²) in [4.78, 5) is 34.2. The number of nitrogens with two attached hydrogens (primary N) is 1. The number of hydrogen-bond donors (Lipinski definition) is 7. The summed E-state index contributed by atoms with van der Waals surface area (Å²) in [6, 6.07) is -3.42. The number of amides is 2. The number of aliphatic hydroxyl groups excluding tert-OH is 1. The van der Waals surface area contributed by atoms with Crippen LogP contribution in [0.5, 0.6) is 0 Å². The molecule has 0 rings (SSSR count). The first-order valence-electron chi connectivity index (χ1n) is 5.73. The normalized spacial score (nSPS) is 16.6. The van der Waals surface area contributed by atoms with E-state index in [-0.39, 0.29) is 11.5 Å².